The van der Waals surface area contributed by atoms with E-state index in [2.05, 4.69) is 41.5 Å². The van der Waals surface area contributed by atoms with Crippen molar-refractivity contribution in [1.29, 1.82) is 0 Å². The third-order valence-corrected chi connectivity index (χ3v) is 2.71. The van der Waals surface area contributed by atoms with E-state index in [9.17, 15) is 0 Å². The molecule has 6 heteroatoms. The smallest absolute Gasteiger partial charge is 0.153 e. The first-order valence-corrected chi connectivity index (χ1v) is 8.20. The number of hydrogen-bond donors (Lipinski definition) is 1. The summed E-state index contributed by atoms with van der Waals surface area (Å²) in [4.78, 5) is 0. The first-order chi connectivity index (χ1) is 10.5. The lowest BCUT2D eigenvalue weighted by Crippen LogP contribution is -2.11. The fourth-order valence-electron chi connectivity index (χ4n) is 1.62. The molecule has 1 aromatic rings. The minimum atomic E-state index is 0.479. The van der Waals surface area contributed by atoms with Crippen LogP contribution in [0.4, 0.5) is 5.82 Å². The van der Waals surface area contributed by atoms with Gasteiger partial charge in [0.15, 0.2) is 5.82 Å². The molecule has 1 aromatic heterocycles. The van der Waals surface area contributed by atoms with Crippen molar-refractivity contribution in [3.63, 3.8) is 0 Å². The number of hydrogen-bond acceptors (Lipinski definition) is 4. The van der Waals surface area contributed by atoms with Gasteiger partial charge in [-0.2, -0.15) is 5.10 Å². The van der Waals surface area contributed by atoms with Crippen LogP contribution in [-0.2, 0) is 16.0 Å². The predicted octanol–water partition coefficient (Wildman–Crippen LogP) is 3.94. The molecule has 0 aromatic carbocycles. The van der Waals surface area contributed by atoms with Gasteiger partial charge in [0.25, 0.3) is 0 Å². The number of allylic oxidation sites excluding steroid dienone is 1. The Balaban J connectivity index is 0.00000135. The lowest BCUT2D eigenvalue weighted by Gasteiger charge is -2.06. The molecule has 0 saturated carbocycles. The molecular weight excluding hydrogens is 346 g/mol. The van der Waals surface area contributed by atoms with Gasteiger partial charge in [-0.15, -0.1) is 0 Å². The predicted molar refractivity (Wildman–Crippen MR) is 98.0 cm³/mol. The summed E-state index contributed by atoms with van der Waals surface area (Å²) in [5.74, 6) is 0.479. The summed E-state index contributed by atoms with van der Waals surface area (Å²) in [6.07, 6.45) is 4.93. The standard InChI is InChI=1S/C13H20BrN3O2.C3H8/c1-4-11-12(9-10(2)14)17(16-13(11)15)5-6-19-8-7-18-3;1-3-2/h4,9H,1,5-8H2,2-3H3,(H2,15,16);3H2,1-2H3/b10-9+;. The van der Waals surface area contributed by atoms with Crippen LogP contribution in [0, 0.1) is 0 Å². The summed E-state index contributed by atoms with van der Waals surface area (Å²) in [6, 6.07) is 0. The van der Waals surface area contributed by atoms with Gasteiger partial charge in [0.1, 0.15) is 0 Å². The van der Waals surface area contributed by atoms with Gasteiger partial charge in [-0.3, -0.25) is 4.68 Å². The molecule has 0 bridgehead atoms. The molecule has 0 spiro atoms. The van der Waals surface area contributed by atoms with Gasteiger partial charge >= 0.3 is 0 Å². The van der Waals surface area contributed by atoms with E-state index < -0.39 is 0 Å². The van der Waals surface area contributed by atoms with Crippen molar-refractivity contribution in [3.8, 4) is 0 Å². The van der Waals surface area contributed by atoms with E-state index in [0.29, 0.717) is 32.2 Å². The van der Waals surface area contributed by atoms with E-state index in [0.717, 1.165) is 15.7 Å². The lowest BCUT2D eigenvalue weighted by molar-refractivity contribution is 0.0654. The van der Waals surface area contributed by atoms with Gasteiger partial charge in [0.05, 0.1) is 32.1 Å². The molecular formula is C16H28BrN3O2. The van der Waals surface area contributed by atoms with Gasteiger partial charge in [-0.25, -0.2) is 0 Å². The van der Waals surface area contributed by atoms with Crippen molar-refractivity contribution in [2.45, 2.75) is 33.7 Å². The van der Waals surface area contributed by atoms with Gasteiger partial charge in [-0.05, 0) is 17.5 Å². The van der Waals surface area contributed by atoms with E-state index in [1.165, 1.54) is 6.42 Å². The molecule has 0 radical (unpaired) electrons. The summed E-state index contributed by atoms with van der Waals surface area (Å²) >= 11 is 3.42. The highest BCUT2D eigenvalue weighted by Gasteiger charge is 2.11. The van der Waals surface area contributed by atoms with Crippen LogP contribution in [0.15, 0.2) is 11.1 Å². The fourth-order valence-corrected chi connectivity index (χ4v) is 1.84. The van der Waals surface area contributed by atoms with Crippen molar-refractivity contribution >= 4 is 33.9 Å². The second-order valence-corrected chi connectivity index (χ2v) is 5.91. The quantitative estimate of drug-likeness (QED) is 0.700. The molecule has 0 aliphatic rings. The van der Waals surface area contributed by atoms with Crippen LogP contribution >= 0.6 is 15.9 Å². The molecule has 1 rings (SSSR count). The van der Waals surface area contributed by atoms with E-state index in [1.54, 1.807) is 13.2 Å². The monoisotopic (exact) mass is 373 g/mol. The number of ether oxygens (including phenoxy) is 2. The molecule has 0 atom stereocenters. The topological polar surface area (TPSA) is 62.3 Å². The lowest BCUT2D eigenvalue weighted by atomic mass is 10.2. The number of rotatable bonds is 8. The minimum Gasteiger partial charge on any atom is -0.382 e. The number of methoxy groups -OCH3 is 1. The molecule has 0 unspecified atom stereocenters. The average Bonchev–Trinajstić information content (AvgIpc) is 2.74. The molecule has 0 saturated heterocycles. The molecule has 0 fully saturated rings. The van der Waals surface area contributed by atoms with E-state index >= 15 is 0 Å². The molecule has 2 N–H and O–H groups in total. The number of nitrogens with zero attached hydrogens (tertiary/aromatic N) is 2. The van der Waals surface area contributed by atoms with Gasteiger partial charge in [-0.1, -0.05) is 48.9 Å². The summed E-state index contributed by atoms with van der Waals surface area (Å²) < 4.78 is 13.2. The Hall–Kier alpha value is -1.11. The second-order valence-electron chi connectivity index (χ2n) is 4.65. The zero-order valence-electron chi connectivity index (χ0n) is 14.1. The van der Waals surface area contributed by atoms with Crippen molar-refractivity contribution in [2.24, 2.45) is 0 Å². The van der Waals surface area contributed by atoms with Crippen LogP contribution in [0.1, 0.15) is 38.4 Å². The highest BCUT2D eigenvalue weighted by Crippen LogP contribution is 2.22. The largest absolute Gasteiger partial charge is 0.382 e. The molecule has 126 valence electrons. The third-order valence-electron chi connectivity index (χ3n) is 2.48. The maximum Gasteiger partial charge on any atom is 0.153 e. The van der Waals surface area contributed by atoms with Gasteiger partial charge in [0, 0.05) is 12.7 Å². The normalized spacial score (nSPS) is 11.0. The highest BCUT2D eigenvalue weighted by molar-refractivity contribution is 9.11. The second kappa shape index (κ2) is 12.4. The Morgan fingerprint density at radius 3 is 2.50 bits per heavy atom. The first-order valence-electron chi connectivity index (χ1n) is 7.40. The van der Waals surface area contributed by atoms with Crippen LogP contribution in [0.2, 0.25) is 0 Å². The summed E-state index contributed by atoms with van der Waals surface area (Å²) in [7, 11) is 1.65. The van der Waals surface area contributed by atoms with Crippen molar-refractivity contribution in [3.05, 3.63) is 22.3 Å². The van der Waals surface area contributed by atoms with Crippen LogP contribution in [-0.4, -0.2) is 36.7 Å². The number of nitrogen functional groups attached to an aromatic ring is 1. The van der Waals surface area contributed by atoms with Gasteiger partial charge < -0.3 is 15.2 Å². The zero-order chi connectivity index (χ0) is 17.0. The van der Waals surface area contributed by atoms with Crippen LogP contribution in [0.25, 0.3) is 12.2 Å². The Bertz CT molecular complexity index is 466. The van der Waals surface area contributed by atoms with Crippen LogP contribution < -0.4 is 5.73 Å². The Morgan fingerprint density at radius 1 is 1.36 bits per heavy atom. The minimum absolute atomic E-state index is 0.479. The van der Waals surface area contributed by atoms with Crippen molar-refractivity contribution in [2.75, 3.05) is 32.7 Å². The maximum absolute atomic E-state index is 5.87. The van der Waals surface area contributed by atoms with Crippen molar-refractivity contribution in [1.82, 2.24) is 9.78 Å². The zero-order valence-corrected chi connectivity index (χ0v) is 15.6. The Morgan fingerprint density at radius 2 is 2.00 bits per heavy atom. The van der Waals surface area contributed by atoms with Gasteiger partial charge in [0.2, 0.25) is 0 Å². The van der Waals surface area contributed by atoms with E-state index in [-0.39, 0.29) is 0 Å². The number of aromatic nitrogens is 2. The SMILES string of the molecule is C=Cc1c(N)nn(CCOCCOC)c1/C=C(\C)Br.CCC. The molecule has 5 nitrogen and oxygen atoms in total. The molecule has 0 aliphatic heterocycles. The first kappa shape index (κ1) is 20.9. The highest BCUT2D eigenvalue weighted by atomic mass is 79.9. The van der Waals surface area contributed by atoms with E-state index in [4.69, 9.17) is 15.2 Å². The number of halogens is 1. The summed E-state index contributed by atoms with van der Waals surface area (Å²) in [6.45, 7) is 12.3. The van der Waals surface area contributed by atoms with Crippen LogP contribution in [0.5, 0.6) is 0 Å². The molecule has 0 aliphatic carbocycles. The number of nitrogens with two attached hydrogens (primary N) is 1. The van der Waals surface area contributed by atoms with Crippen molar-refractivity contribution < 1.29 is 9.47 Å². The summed E-state index contributed by atoms with van der Waals surface area (Å²) in [5.41, 5.74) is 7.64. The van der Waals surface area contributed by atoms with E-state index in [1.807, 2.05) is 17.7 Å². The maximum atomic E-state index is 5.87. The van der Waals surface area contributed by atoms with Crippen LogP contribution in [0.3, 0.4) is 0 Å². The number of anilines is 1. The molecule has 1 heterocycles. The Kier molecular flexibility index (Phi) is 11.8. The third kappa shape index (κ3) is 7.77. The molecule has 22 heavy (non-hydrogen) atoms. The molecule has 0 amide bonds. The average molecular weight is 374 g/mol. The summed E-state index contributed by atoms with van der Waals surface area (Å²) in [5, 5.41) is 4.30. The fraction of sp³-hybridized carbons (Fsp3) is 0.562. The Labute approximate surface area is 142 Å².